The highest BCUT2D eigenvalue weighted by Gasteiger charge is 2.19. The fraction of sp³-hybridized carbons (Fsp3) is 0.353. The number of likely N-dealkylation sites (tertiary alicyclic amines) is 1. The fourth-order valence-electron chi connectivity index (χ4n) is 2.74. The number of benzene rings is 1. The molecule has 1 aliphatic rings. The number of amides is 2. The maximum Gasteiger partial charge on any atom is 0.224 e. The Bertz CT molecular complexity index is 682. The minimum Gasteiger partial charge on any atom is -0.343 e. The van der Waals surface area contributed by atoms with Crippen LogP contribution in [0.2, 0.25) is 0 Å². The second kappa shape index (κ2) is 7.09. The Kier molecular flexibility index (Phi) is 4.71. The predicted octanol–water partition coefficient (Wildman–Crippen LogP) is 2.21. The molecule has 1 aliphatic heterocycles. The van der Waals surface area contributed by atoms with Crippen molar-refractivity contribution in [1.29, 1.82) is 0 Å². The molecule has 6 nitrogen and oxygen atoms in total. The first kappa shape index (κ1) is 15.3. The van der Waals surface area contributed by atoms with Gasteiger partial charge >= 0.3 is 0 Å². The van der Waals surface area contributed by atoms with Crippen LogP contribution in [0.1, 0.15) is 25.7 Å². The molecule has 23 heavy (non-hydrogen) atoms. The summed E-state index contributed by atoms with van der Waals surface area (Å²) in [5.74, 6) is 0.173. The van der Waals surface area contributed by atoms with Crippen LogP contribution in [0.4, 0.5) is 5.69 Å². The van der Waals surface area contributed by atoms with Gasteiger partial charge in [0, 0.05) is 44.0 Å². The lowest BCUT2D eigenvalue weighted by Gasteiger charge is -2.14. The van der Waals surface area contributed by atoms with Crippen LogP contribution in [-0.2, 0) is 9.59 Å². The Labute approximate surface area is 135 Å². The van der Waals surface area contributed by atoms with Crippen molar-refractivity contribution < 1.29 is 9.59 Å². The van der Waals surface area contributed by atoms with Gasteiger partial charge in [-0.2, -0.15) is 5.10 Å². The van der Waals surface area contributed by atoms with Crippen LogP contribution in [0.5, 0.6) is 0 Å². The normalized spacial score (nSPS) is 14.3. The topological polar surface area (TPSA) is 67.2 Å². The largest absolute Gasteiger partial charge is 0.343 e. The van der Waals surface area contributed by atoms with Gasteiger partial charge in [-0.15, -0.1) is 0 Å². The van der Waals surface area contributed by atoms with E-state index in [4.69, 9.17) is 0 Å². The first-order valence-electron chi connectivity index (χ1n) is 7.90. The Morgan fingerprint density at radius 2 is 2.22 bits per heavy atom. The Hall–Kier alpha value is -2.63. The van der Waals surface area contributed by atoms with Crippen LogP contribution in [0.3, 0.4) is 0 Å². The lowest BCUT2D eigenvalue weighted by molar-refractivity contribution is -0.128. The zero-order valence-electron chi connectivity index (χ0n) is 12.9. The maximum atomic E-state index is 12.0. The van der Waals surface area contributed by atoms with Gasteiger partial charge in [0.2, 0.25) is 11.8 Å². The molecule has 0 unspecified atom stereocenters. The smallest absolute Gasteiger partial charge is 0.224 e. The minimum absolute atomic E-state index is 0.0331. The van der Waals surface area contributed by atoms with Gasteiger partial charge in [0.05, 0.1) is 5.69 Å². The van der Waals surface area contributed by atoms with Crippen molar-refractivity contribution in [2.45, 2.75) is 25.7 Å². The number of carbonyl (C=O) groups excluding carboxylic acids is 2. The van der Waals surface area contributed by atoms with Gasteiger partial charge in [0.15, 0.2) is 0 Å². The molecule has 1 saturated heterocycles. The van der Waals surface area contributed by atoms with Crippen LogP contribution in [0.15, 0.2) is 42.7 Å². The van der Waals surface area contributed by atoms with E-state index in [1.54, 1.807) is 10.9 Å². The fourth-order valence-corrected chi connectivity index (χ4v) is 2.74. The maximum absolute atomic E-state index is 12.0. The van der Waals surface area contributed by atoms with Gasteiger partial charge in [-0.3, -0.25) is 9.59 Å². The van der Waals surface area contributed by atoms with Gasteiger partial charge in [0.1, 0.15) is 0 Å². The van der Waals surface area contributed by atoms with E-state index in [2.05, 4.69) is 10.4 Å². The van der Waals surface area contributed by atoms with Crippen LogP contribution < -0.4 is 5.32 Å². The van der Waals surface area contributed by atoms with Gasteiger partial charge in [-0.1, -0.05) is 6.07 Å². The highest BCUT2D eigenvalue weighted by molar-refractivity contribution is 5.91. The van der Waals surface area contributed by atoms with Crippen molar-refractivity contribution in [2.75, 3.05) is 18.4 Å². The number of rotatable bonds is 6. The summed E-state index contributed by atoms with van der Waals surface area (Å²) < 4.78 is 1.74. The summed E-state index contributed by atoms with van der Waals surface area (Å²) in [6, 6.07) is 9.41. The highest BCUT2D eigenvalue weighted by atomic mass is 16.2. The number of aromatic nitrogens is 2. The average molecular weight is 312 g/mol. The first-order chi connectivity index (χ1) is 11.2. The quantitative estimate of drug-likeness (QED) is 0.889. The standard InChI is InChI=1S/C17H20N4O2/c22-16(7-2-10-20-11-3-8-17(20)23)19-14-5-1-6-15(13-14)21-12-4-9-18-21/h1,4-6,9,12-13H,2-3,7-8,10-11H2,(H,19,22). The average Bonchev–Trinajstić information content (AvgIpc) is 3.20. The summed E-state index contributed by atoms with van der Waals surface area (Å²) in [6.45, 7) is 1.49. The number of hydrogen-bond acceptors (Lipinski definition) is 3. The van der Waals surface area contributed by atoms with Crippen LogP contribution in [-0.4, -0.2) is 39.6 Å². The monoisotopic (exact) mass is 312 g/mol. The zero-order valence-corrected chi connectivity index (χ0v) is 12.9. The molecular weight excluding hydrogens is 292 g/mol. The Morgan fingerprint density at radius 3 is 2.96 bits per heavy atom. The lowest BCUT2D eigenvalue weighted by atomic mass is 10.2. The van der Waals surface area contributed by atoms with E-state index in [-0.39, 0.29) is 11.8 Å². The van der Waals surface area contributed by atoms with Gasteiger partial charge in [-0.05, 0) is 37.1 Å². The number of nitrogens with one attached hydrogen (secondary N) is 1. The summed E-state index contributed by atoms with van der Waals surface area (Å²) in [4.78, 5) is 25.4. The lowest BCUT2D eigenvalue weighted by Crippen LogP contribution is -2.26. The highest BCUT2D eigenvalue weighted by Crippen LogP contribution is 2.15. The minimum atomic E-state index is -0.0331. The molecule has 1 aromatic heterocycles. The molecule has 0 bridgehead atoms. The first-order valence-corrected chi connectivity index (χ1v) is 7.90. The van der Waals surface area contributed by atoms with Crippen LogP contribution in [0, 0.1) is 0 Å². The summed E-state index contributed by atoms with van der Waals surface area (Å²) in [6.07, 6.45) is 6.25. The molecule has 2 aromatic rings. The molecule has 0 atom stereocenters. The van der Waals surface area contributed by atoms with E-state index in [1.807, 2.05) is 41.4 Å². The molecule has 0 spiro atoms. The molecule has 0 saturated carbocycles. The molecule has 6 heteroatoms. The molecule has 0 radical (unpaired) electrons. The number of nitrogens with zero attached hydrogens (tertiary/aromatic N) is 3. The van der Waals surface area contributed by atoms with Crippen LogP contribution in [0.25, 0.3) is 5.69 Å². The van der Waals surface area contributed by atoms with E-state index in [0.717, 1.165) is 24.3 Å². The Morgan fingerprint density at radius 1 is 1.30 bits per heavy atom. The molecule has 120 valence electrons. The Balaban J connectivity index is 1.50. The van der Waals surface area contributed by atoms with E-state index in [9.17, 15) is 9.59 Å². The number of hydrogen-bond donors (Lipinski definition) is 1. The van der Waals surface area contributed by atoms with E-state index >= 15 is 0 Å². The van der Waals surface area contributed by atoms with Crippen molar-refractivity contribution >= 4 is 17.5 Å². The van der Waals surface area contributed by atoms with Crippen molar-refractivity contribution in [3.63, 3.8) is 0 Å². The third-order valence-corrected chi connectivity index (χ3v) is 3.90. The summed E-state index contributed by atoms with van der Waals surface area (Å²) in [5.41, 5.74) is 1.65. The summed E-state index contributed by atoms with van der Waals surface area (Å²) in [7, 11) is 0. The third kappa shape index (κ3) is 3.97. The van der Waals surface area contributed by atoms with Gasteiger partial charge in [0.25, 0.3) is 0 Å². The second-order valence-corrected chi connectivity index (χ2v) is 5.64. The molecule has 1 N–H and O–H groups in total. The number of anilines is 1. The van der Waals surface area contributed by atoms with Crippen LogP contribution >= 0.6 is 0 Å². The van der Waals surface area contributed by atoms with Crippen molar-refractivity contribution in [3.05, 3.63) is 42.7 Å². The van der Waals surface area contributed by atoms with Crippen molar-refractivity contribution in [3.8, 4) is 5.69 Å². The molecule has 3 rings (SSSR count). The van der Waals surface area contributed by atoms with Crippen molar-refractivity contribution in [2.24, 2.45) is 0 Å². The SMILES string of the molecule is O=C(CCCN1CCCC1=O)Nc1cccc(-n2cccn2)c1. The molecule has 0 aliphatic carbocycles. The van der Waals surface area contributed by atoms with Gasteiger partial charge < -0.3 is 10.2 Å². The summed E-state index contributed by atoms with van der Waals surface area (Å²) in [5, 5.41) is 7.07. The second-order valence-electron chi connectivity index (χ2n) is 5.64. The van der Waals surface area contributed by atoms with E-state index < -0.39 is 0 Å². The molecule has 1 aromatic carbocycles. The predicted molar refractivity (Wildman–Crippen MR) is 87.2 cm³/mol. The van der Waals surface area contributed by atoms with E-state index in [1.165, 1.54) is 0 Å². The molecule has 2 amide bonds. The molecule has 2 heterocycles. The van der Waals surface area contributed by atoms with E-state index in [0.29, 0.717) is 25.8 Å². The number of carbonyl (C=O) groups is 2. The summed E-state index contributed by atoms with van der Waals surface area (Å²) >= 11 is 0. The molecular formula is C17H20N4O2. The van der Waals surface area contributed by atoms with Crippen molar-refractivity contribution in [1.82, 2.24) is 14.7 Å². The zero-order chi connectivity index (χ0) is 16.1. The molecule has 1 fully saturated rings. The third-order valence-electron chi connectivity index (χ3n) is 3.90. The van der Waals surface area contributed by atoms with Gasteiger partial charge in [-0.25, -0.2) is 4.68 Å².